The molecule has 1 fully saturated rings. The topological polar surface area (TPSA) is 110 Å². The van der Waals surface area contributed by atoms with Crippen LogP contribution >= 0.6 is 11.6 Å². The first-order valence-electron chi connectivity index (χ1n) is 13.2. The zero-order valence-electron chi connectivity index (χ0n) is 23.0. The number of carbonyl (C=O) groups is 2. The van der Waals surface area contributed by atoms with Gasteiger partial charge in [0, 0.05) is 29.1 Å². The van der Waals surface area contributed by atoms with Gasteiger partial charge in [-0.2, -0.15) is 0 Å². The summed E-state index contributed by atoms with van der Waals surface area (Å²) in [6, 6.07) is 24.4. The number of carbonyl (C=O) groups excluding carboxylic acids is 2. The van der Waals surface area contributed by atoms with Crippen molar-refractivity contribution >= 4 is 60.8 Å². The maximum absolute atomic E-state index is 14.1. The monoisotopic (exact) mass is 624 g/mol. The van der Waals surface area contributed by atoms with E-state index in [1.807, 2.05) is 18.2 Å². The largest absolute Gasteiger partial charge is 0.469 e. The number of fused-ring (bicyclic) bond motifs is 1. The highest BCUT2D eigenvalue weighted by molar-refractivity contribution is 7.90. The van der Waals surface area contributed by atoms with E-state index in [1.54, 1.807) is 71.6 Å². The second-order valence-electron chi connectivity index (χ2n) is 10.2. The lowest BCUT2D eigenvalue weighted by atomic mass is 9.85. The third-order valence-electron chi connectivity index (χ3n) is 7.37. The van der Waals surface area contributed by atoms with Crippen molar-refractivity contribution in [2.45, 2.75) is 34.6 Å². The minimum absolute atomic E-state index is 0.215. The number of nitrogens with one attached hydrogen (secondary N) is 1. The number of esters is 1. The number of piperidine rings is 1. The van der Waals surface area contributed by atoms with E-state index in [9.17, 15) is 22.2 Å². The zero-order chi connectivity index (χ0) is 30.1. The lowest BCUT2D eigenvalue weighted by Crippen LogP contribution is -2.62. The molecule has 2 unspecified atom stereocenters. The summed E-state index contributed by atoms with van der Waals surface area (Å²) in [5, 5.41) is 2.31. The molecule has 0 radical (unpaired) electrons. The molecular formula is C31H29ClN2O6S2. The lowest BCUT2D eigenvalue weighted by molar-refractivity contribution is -0.145. The molecule has 0 bridgehead atoms. The van der Waals surface area contributed by atoms with Crippen molar-refractivity contribution in [3.63, 3.8) is 0 Å². The Labute approximate surface area is 252 Å². The van der Waals surface area contributed by atoms with E-state index in [-0.39, 0.29) is 17.7 Å². The summed E-state index contributed by atoms with van der Waals surface area (Å²) >= 11 is 6.09. The first kappa shape index (κ1) is 29.9. The van der Waals surface area contributed by atoms with Gasteiger partial charge in [0.2, 0.25) is 5.91 Å². The molecule has 0 aliphatic carbocycles. The van der Waals surface area contributed by atoms with Crippen LogP contribution in [0, 0.1) is 0 Å². The van der Waals surface area contributed by atoms with E-state index in [4.69, 9.17) is 16.3 Å². The normalized spacial score (nSPS) is 18.2. The van der Waals surface area contributed by atoms with Crippen molar-refractivity contribution in [1.29, 1.82) is 0 Å². The summed E-state index contributed by atoms with van der Waals surface area (Å²) in [6.45, 7) is 0.395. The maximum Gasteiger partial charge on any atom is 0.307 e. The van der Waals surface area contributed by atoms with E-state index >= 15 is 0 Å². The molecule has 0 aromatic heterocycles. The second-order valence-corrected chi connectivity index (χ2v) is 13.9. The molecule has 42 heavy (non-hydrogen) atoms. The Morgan fingerprint density at radius 1 is 1.02 bits per heavy atom. The molecule has 1 N–H and O–H groups in total. The van der Waals surface area contributed by atoms with Crippen LogP contribution in [0.4, 0.5) is 5.69 Å². The molecule has 1 heterocycles. The molecule has 1 saturated heterocycles. The molecule has 1 aliphatic heterocycles. The smallest absolute Gasteiger partial charge is 0.307 e. The first-order valence-corrected chi connectivity index (χ1v) is 16.6. The summed E-state index contributed by atoms with van der Waals surface area (Å²) in [4.78, 5) is 28.8. The molecule has 5 rings (SSSR count). The molecule has 4 aromatic rings. The fraction of sp³-hybridized carbons (Fsp3) is 0.226. The summed E-state index contributed by atoms with van der Waals surface area (Å²) in [7, 11) is -4.03. The quantitative estimate of drug-likeness (QED) is 0.266. The second kappa shape index (κ2) is 12.0. The number of benzene rings is 4. The van der Waals surface area contributed by atoms with Gasteiger partial charge in [0.05, 0.1) is 23.3 Å². The van der Waals surface area contributed by atoms with Crippen molar-refractivity contribution in [3.8, 4) is 11.1 Å². The van der Waals surface area contributed by atoms with Crippen molar-refractivity contribution in [2.75, 3.05) is 24.8 Å². The highest BCUT2D eigenvalue weighted by Crippen LogP contribution is 2.34. The number of ether oxygens (including phenoxy) is 1. The standard InChI is InChI=1S/C31H29ClN2O6S2/c1-40-29(35)20-31(33-41(37)26-15-11-22-18-24(32)12-8-23(22)19-26)16-5-17-34(30(31)36)25-13-9-21(10-14-25)27-6-3-4-7-28(27)42(2,38)39/h3-4,6-15,18-19,33H,5,16-17,20H2,1-2H3. The fourth-order valence-electron chi connectivity index (χ4n) is 5.26. The summed E-state index contributed by atoms with van der Waals surface area (Å²) in [6.07, 6.45) is 1.69. The molecule has 11 heteroatoms. The average molecular weight is 625 g/mol. The zero-order valence-corrected chi connectivity index (χ0v) is 25.4. The van der Waals surface area contributed by atoms with Crippen LogP contribution in [0.5, 0.6) is 0 Å². The first-order chi connectivity index (χ1) is 20.0. The van der Waals surface area contributed by atoms with Crippen molar-refractivity contribution in [1.82, 2.24) is 4.72 Å². The highest BCUT2D eigenvalue weighted by atomic mass is 35.5. The minimum Gasteiger partial charge on any atom is -0.469 e. The molecule has 4 aromatic carbocycles. The van der Waals surface area contributed by atoms with Crippen LogP contribution in [-0.2, 0) is 35.1 Å². The molecular weight excluding hydrogens is 596 g/mol. The van der Waals surface area contributed by atoms with Gasteiger partial charge in [0.1, 0.15) is 16.5 Å². The van der Waals surface area contributed by atoms with Gasteiger partial charge in [-0.05, 0) is 71.6 Å². The van der Waals surface area contributed by atoms with Gasteiger partial charge in [0.15, 0.2) is 9.84 Å². The predicted octanol–water partition coefficient (Wildman–Crippen LogP) is 5.30. The molecule has 218 valence electrons. The number of halogens is 1. The molecule has 2 atom stereocenters. The summed E-state index contributed by atoms with van der Waals surface area (Å²) < 4.78 is 46.1. The van der Waals surface area contributed by atoms with Crippen LogP contribution in [-0.4, -0.2) is 50.0 Å². The Morgan fingerprint density at radius 2 is 1.71 bits per heavy atom. The SMILES string of the molecule is COC(=O)CC1(NS(=O)c2ccc3cc(Cl)ccc3c2)CCCN(c2ccc(-c3ccccc3S(C)(=O)=O)cc2)C1=O. The third kappa shape index (κ3) is 6.12. The van der Waals surface area contributed by atoms with Crippen LogP contribution < -0.4 is 9.62 Å². The van der Waals surface area contributed by atoms with E-state index in [0.717, 1.165) is 17.0 Å². The Hall–Kier alpha value is -3.57. The van der Waals surface area contributed by atoms with Crippen molar-refractivity contribution in [3.05, 3.63) is 90.0 Å². The number of methoxy groups -OCH3 is 1. The fourth-order valence-corrected chi connectivity index (χ4v) is 7.51. The predicted molar refractivity (Wildman–Crippen MR) is 164 cm³/mol. The average Bonchev–Trinajstić information content (AvgIpc) is 2.98. The van der Waals surface area contributed by atoms with Crippen LogP contribution in [0.3, 0.4) is 0 Å². The summed E-state index contributed by atoms with van der Waals surface area (Å²) in [5.74, 6) is -1.00. The number of rotatable bonds is 8. The number of nitrogens with zero attached hydrogens (tertiary/aromatic N) is 1. The lowest BCUT2D eigenvalue weighted by Gasteiger charge is -2.41. The maximum atomic E-state index is 14.1. The van der Waals surface area contributed by atoms with Gasteiger partial charge in [-0.25, -0.2) is 17.3 Å². The van der Waals surface area contributed by atoms with Crippen LogP contribution in [0.15, 0.2) is 94.7 Å². The number of anilines is 1. The molecule has 1 aliphatic rings. The number of hydrogen-bond acceptors (Lipinski definition) is 6. The number of sulfone groups is 1. The Morgan fingerprint density at radius 3 is 2.43 bits per heavy atom. The number of hydrogen-bond donors (Lipinski definition) is 1. The Bertz CT molecular complexity index is 1810. The van der Waals surface area contributed by atoms with Crippen LogP contribution in [0.2, 0.25) is 5.02 Å². The molecule has 8 nitrogen and oxygen atoms in total. The van der Waals surface area contributed by atoms with Crippen LogP contribution in [0.1, 0.15) is 19.3 Å². The van der Waals surface area contributed by atoms with Gasteiger partial charge in [-0.1, -0.05) is 54.1 Å². The highest BCUT2D eigenvalue weighted by Gasteiger charge is 2.47. The molecule has 0 saturated carbocycles. The van der Waals surface area contributed by atoms with Crippen LogP contribution in [0.25, 0.3) is 21.9 Å². The van der Waals surface area contributed by atoms with Crippen molar-refractivity contribution in [2.24, 2.45) is 0 Å². The molecule has 1 amide bonds. The van der Waals surface area contributed by atoms with E-state index in [1.165, 1.54) is 7.11 Å². The van der Waals surface area contributed by atoms with E-state index in [0.29, 0.717) is 39.7 Å². The van der Waals surface area contributed by atoms with Gasteiger partial charge >= 0.3 is 5.97 Å². The summed E-state index contributed by atoms with van der Waals surface area (Å²) in [5.41, 5.74) is 0.352. The third-order valence-corrected chi connectivity index (χ3v) is 10.0. The van der Waals surface area contributed by atoms with Gasteiger partial charge in [-0.15, -0.1) is 0 Å². The van der Waals surface area contributed by atoms with Gasteiger partial charge < -0.3 is 9.64 Å². The Balaban J connectivity index is 1.45. The van der Waals surface area contributed by atoms with Gasteiger partial charge in [0.25, 0.3) is 0 Å². The van der Waals surface area contributed by atoms with Gasteiger partial charge in [-0.3, -0.25) is 9.59 Å². The van der Waals surface area contributed by atoms with E-state index < -0.39 is 38.2 Å². The minimum atomic E-state index is -3.45. The molecule has 0 spiro atoms. The Kier molecular flexibility index (Phi) is 8.52. The van der Waals surface area contributed by atoms with E-state index in [2.05, 4.69) is 4.72 Å². The van der Waals surface area contributed by atoms with Crippen molar-refractivity contribution < 1.29 is 27.0 Å². The number of amides is 1.